The largest absolute Gasteiger partial charge is 0.472 e. The number of nitrogens with two attached hydrogens (primary N) is 1. The summed E-state index contributed by atoms with van der Waals surface area (Å²) >= 11 is 0. The predicted molar refractivity (Wildman–Crippen MR) is 143 cm³/mol. The Hall–Kier alpha value is -0.540. The Bertz CT molecular complexity index is 538. The van der Waals surface area contributed by atoms with Gasteiger partial charge >= 0.3 is 13.8 Å². The zero-order valence-corrected chi connectivity index (χ0v) is 23.9. The van der Waals surface area contributed by atoms with Crippen LogP contribution in [0.25, 0.3) is 0 Å². The van der Waals surface area contributed by atoms with Gasteiger partial charge in [-0.1, -0.05) is 90.4 Å². The van der Waals surface area contributed by atoms with E-state index in [9.17, 15) is 14.3 Å². The van der Waals surface area contributed by atoms with Crippen LogP contribution in [0, 0.1) is 0 Å². The molecule has 0 aliphatic heterocycles. The van der Waals surface area contributed by atoms with Crippen LogP contribution in [0.4, 0.5) is 0 Å². The fraction of sp³-hybridized carbons (Fsp3) is 0.962. The van der Waals surface area contributed by atoms with Gasteiger partial charge in [0.1, 0.15) is 6.10 Å². The first kappa shape index (κ1) is 35.5. The summed E-state index contributed by atoms with van der Waals surface area (Å²) in [6, 6.07) is 0. The second kappa shape index (κ2) is 26.1. The van der Waals surface area contributed by atoms with Gasteiger partial charge < -0.3 is 24.8 Å². The summed E-state index contributed by atoms with van der Waals surface area (Å²) in [4.78, 5) is 20.9. The number of esters is 1. The number of rotatable bonds is 28. The highest BCUT2D eigenvalue weighted by molar-refractivity contribution is 7.47. The fourth-order valence-electron chi connectivity index (χ4n) is 3.71. The Balaban J connectivity index is 3.87. The molecule has 9 nitrogen and oxygen atoms in total. The van der Waals surface area contributed by atoms with E-state index in [4.69, 9.17) is 24.3 Å². The summed E-state index contributed by atoms with van der Waals surface area (Å²) in [6.45, 7) is 3.25. The third kappa shape index (κ3) is 25.1. The lowest BCUT2D eigenvalue weighted by atomic mass is 10.0. The molecule has 0 amide bonds. The number of carbonyl (C=O) groups excluding carboxylic acids is 1. The van der Waals surface area contributed by atoms with Crippen LogP contribution < -0.4 is 5.73 Å². The average molecular weight is 540 g/mol. The summed E-state index contributed by atoms with van der Waals surface area (Å²) in [5, 5.41) is 0. The van der Waals surface area contributed by atoms with Crippen molar-refractivity contribution < 1.29 is 37.5 Å². The lowest BCUT2D eigenvalue weighted by Crippen LogP contribution is -2.26. The number of unbranched alkanes of at least 4 members (excludes halogenated alkanes) is 13. The zero-order chi connectivity index (χ0) is 26.7. The maximum absolute atomic E-state index is 11.9. The average Bonchev–Trinajstić information content (AvgIpc) is 2.87. The summed E-state index contributed by atoms with van der Waals surface area (Å²) in [5.74, 6) is -0.310. The summed E-state index contributed by atoms with van der Waals surface area (Å²) in [6.07, 6.45) is 18.4. The Labute approximate surface area is 219 Å². The molecule has 216 valence electrons. The van der Waals surface area contributed by atoms with Gasteiger partial charge in [0.15, 0.2) is 0 Å². The number of carbonyl (C=O) groups is 1. The molecule has 0 radical (unpaired) electrons. The van der Waals surface area contributed by atoms with Crippen molar-refractivity contribution >= 4 is 13.8 Å². The molecule has 36 heavy (non-hydrogen) atoms. The van der Waals surface area contributed by atoms with Gasteiger partial charge in [-0.05, 0) is 12.8 Å². The van der Waals surface area contributed by atoms with Crippen molar-refractivity contribution in [2.75, 3.05) is 46.7 Å². The molecule has 0 rings (SSSR count). The highest BCUT2D eigenvalue weighted by Crippen LogP contribution is 2.43. The van der Waals surface area contributed by atoms with E-state index in [-0.39, 0.29) is 45.4 Å². The minimum atomic E-state index is -4.19. The molecule has 0 aromatic heterocycles. The van der Waals surface area contributed by atoms with Crippen LogP contribution >= 0.6 is 7.82 Å². The molecule has 0 fully saturated rings. The predicted octanol–water partition coefficient (Wildman–Crippen LogP) is 5.92. The number of methoxy groups -OCH3 is 1. The van der Waals surface area contributed by atoms with Crippen LogP contribution in [-0.4, -0.2) is 63.7 Å². The van der Waals surface area contributed by atoms with Gasteiger partial charge in [-0.3, -0.25) is 13.8 Å². The van der Waals surface area contributed by atoms with E-state index in [0.717, 1.165) is 12.8 Å². The molecule has 2 atom stereocenters. The summed E-state index contributed by atoms with van der Waals surface area (Å²) in [5.41, 5.74) is 5.29. The van der Waals surface area contributed by atoms with Crippen LogP contribution in [0.15, 0.2) is 0 Å². The quantitative estimate of drug-likeness (QED) is 0.0708. The zero-order valence-electron chi connectivity index (χ0n) is 23.0. The first-order valence-corrected chi connectivity index (χ1v) is 15.5. The van der Waals surface area contributed by atoms with Crippen LogP contribution in [0.5, 0.6) is 0 Å². The van der Waals surface area contributed by atoms with E-state index in [1.165, 1.54) is 84.2 Å². The molecule has 0 aliphatic rings. The highest BCUT2D eigenvalue weighted by atomic mass is 31.2. The van der Waals surface area contributed by atoms with Crippen LogP contribution in [0.3, 0.4) is 0 Å². The molecule has 10 heteroatoms. The van der Waals surface area contributed by atoms with Crippen molar-refractivity contribution in [1.29, 1.82) is 0 Å². The third-order valence-corrected chi connectivity index (χ3v) is 6.83. The molecule has 0 aromatic carbocycles. The smallest absolute Gasteiger partial charge is 0.469 e. The molecule has 0 aliphatic carbocycles. The van der Waals surface area contributed by atoms with E-state index in [2.05, 4.69) is 11.7 Å². The molecule has 0 aromatic rings. The van der Waals surface area contributed by atoms with E-state index in [1.54, 1.807) is 0 Å². The standard InChI is InChI=1S/C26H54NO8P/c1-3-4-5-6-7-8-9-10-11-12-13-14-15-16-20-32-23-25(33-21-17-18-26(28)31-2)24-35-36(29,30)34-22-19-27/h25H,3-24,27H2,1-2H3,(H,29,30)/t25-/m1/s1. The highest BCUT2D eigenvalue weighted by Gasteiger charge is 2.23. The van der Waals surface area contributed by atoms with Crippen molar-refractivity contribution in [2.45, 2.75) is 116 Å². The summed E-state index contributed by atoms with van der Waals surface area (Å²) in [7, 11) is -2.85. The van der Waals surface area contributed by atoms with Gasteiger partial charge in [-0.15, -0.1) is 0 Å². The first-order chi connectivity index (χ1) is 17.4. The number of hydrogen-bond donors (Lipinski definition) is 2. The monoisotopic (exact) mass is 539 g/mol. The minimum Gasteiger partial charge on any atom is -0.469 e. The van der Waals surface area contributed by atoms with Crippen molar-refractivity contribution in [1.82, 2.24) is 0 Å². The molecule has 1 unspecified atom stereocenters. The lowest BCUT2D eigenvalue weighted by Gasteiger charge is -2.20. The molecule has 3 N–H and O–H groups in total. The second-order valence-corrected chi connectivity index (χ2v) is 10.7. The number of ether oxygens (including phenoxy) is 3. The van der Waals surface area contributed by atoms with E-state index >= 15 is 0 Å². The van der Waals surface area contributed by atoms with Gasteiger partial charge in [-0.2, -0.15) is 0 Å². The van der Waals surface area contributed by atoms with Gasteiger partial charge in [0.25, 0.3) is 0 Å². The van der Waals surface area contributed by atoms with E-state index in [1.807, 2.05) is 0 Å². The van der Waals surface area contributed by atoms with Gasteiger partial charge in [0, 0.05) is 26.2 Å². The number of phosphoric acid groups is 1. The number of hydrogen-bond acceptors (Lipinski definition) is 8. The van der Waals surface area contributed by atoms with Crippen molar-refractivity contribution in [3.63, 3.8) is 0 Å². The minimum absolute atomic E-state index is 0.0753. The van der Waals surface area contributed by atoms with Gasteiger partial charge in [-0.25, -0.2) is 4.57 Å². The van der Waals surface area contributed by atoms with Crippen molar-refractivity contribution in [3.8, 4) is 0 Å². The normalized spacial score (nSPS) is 14.0. The van der Waals surface area contributed by atoms with Crippen LogP contribution in [0.1, 0.15) is 110 Å². The maximum Gasteiger partial charge on any atom is 0.472 e. The van der Waals surface area contributed by atoms with Crippen LogP contribution in [0.2, 0.25) is 0 Å². The Morgan fingerprint density at radius 1 is 0.778 bits per heavy atom. The lowest BCUT2D eigenvalue weighted by molar-refractivity contribution is -0.141. The first-order valence-electron chi connectivity index (χ1n) is 14.0. The Morgan fingerprint density at radius 2 is 1.33 bits per heavy atom. The Kier molecular flexibility index (Phi) is 25.7. The van der Waals surface area contributed by atoms with Crippen molar-refractivity contribution in [3.05, 3.63) is 0 Å². The third-order valence-electron chi connectivity index (χ3n) is 5.85. The Morgan fingerprint density at radius 3 is 1.86 bits per heavy atom. The maximum atomic E-state index is 11.9. The fourth-order valence-corrected chi connectivity index (χ4v) is 4.47. The summed E-state index contributed by atoms with van der Waals surface area (Å²) < 4.78 is 37.6. The molecular weight excluding hydrogens is 485 g/mol. The molecule has 0 saturated carbocycles. The molecular formula is C26H54NO8P. The molecule has 0 bridgehead atoms. The van der Waals surface area contributed by atoms with Gasteiger partial charge in [0.2, 0.25) is 0 Å². The molecule has 0 saturated heterocycles. The molecule has 0 heterocycles. The molecule has 0 spiro atoms. The topological polar surface area (TPSA) is 127 Å². The van der Waals surface area contributed by atoms with Crippen molar-refractivity contribution in [2.24, 2.45) is 5.73 Å². The second-order valence-electron chi connectivity index (χ2n) is 9.23. The van der Waals surface area contributed by atoms with Crippen LogP contribution in [-0.2, 0) is 32.6 Å². The number of phosphoric ester groups is 1. The van der Waals surface area contributed by atoms with E-state index in [0.29, 0.717) is 13.0 Å². The van der Waals surface area contributed by atoms with Gasteiger partial charge in [0.05, 0.1) is 26.9 Å². The SMILES string of the molecule is CCCCCCCCCCCCCCCCOC[C@H](COP(=O)(O)OCCN)OCCCC(=O)OC. The van der Waals surface area contributed by atoms with E-state index < -0.39 is 13.9 Å².